The van der Waals surface area contributed by atoms with Gasteiger partial charge in [0.25, 0.3) is 0 Å². The number of aliphatic imine (C=N–C) groups is 1. The van der Waals surface area contributed by atoms with Crippen LogP contribution < -0.4 is 10.6 Å². The maximum absolute atomic E-state index is 11.7. The van der Waals surface area contributed by atoms with E-state index in [4.69, 9.17) is 4.74 Å². The highest BCUT2D eigenvalue weighted by molar-refractivity contribution is 7.90. The molecule has 0 aliphatic carbocycles. The van der Waals surface area contributed by atoms with Gasteiger partial charge in [-0.25, -0.2) is 13.4 Å². The topological polar surface area (TPSA) is 79.8 Å². The summed E-state index contributed by atoms with van der Waals surface area (Å²) in [5, 5.41) is 6.58. The molecule has 0 bridgehead atoms. The van der Waals surface area contributed by atoms with Crippen LogP contribution in [0, 0.1) is 6.92 Å². The predicted molar refractivity (Wildman–Crippen MR) is 122 cm³/mol. The van der Waals surface area contributed by atoms with Crippen molar-refractivity contribution in [3.05, 3.63) is 65.2 Å². The second kappa shape index (κ2) is 12.3. The zero-order valence-electron chi connectivity index (χ0n) is 18.1. The van der Waals surface area contributed by atoms with E-state index in [2.05, 4.69) is 27.8 Å². The van der Waals surface area contributed by atoms with Crippen molar-refractivity contribution in [2.75, 3.05) is 26.0 Å². The Labute approximate surface area is 180 Å². The summed E-state index contributed by atoms with van der Waals surface area (Å²) in [7, 11) is -3.20. The molecule has 0 spiro atoms. The summed E-state index contributed by atoms with van der Waals surface area (Å²) in [6, 6.07) is 15.5. The number of nitrogens with zero attached hydrogens (tertiary/aromatic N) is 1. The molecule has 0 aliphatic heterocycles. The molecule has 0 atom stereocenters. The quantitative estimate of drug-likeness (QED) is 0.324. The summed E-state index contributed by atoms with van der Waals surface area (Å²) in [6.07, 6.45) is 3.19. The number of benzene rings is 2. The lowest BCUT2D eigenvalue weighted by molar-refractivity contribution is 0.117. The average Bonchev–Trinajstić information content (AvgIpc) is 2.71. The summed E-state index contributed by atoms with van der Waals surface area (Å²) < 4.78 is 29.2. The summed E-state index contributed by atoms with van der Waals surface area (Å²) in [6.45, 7) is 7.30. The molecule has 7 heteroatoms. The van der Waals surface area contributed by atoms with E-state index in [0.717, 1.165) is 49.6 Å². The number of sulfone groups is 1. The Kier molecular flexibility index (Phi) is 9.83. The Morgan fingerprint density at radius 3 is 2.47 bits per heavy atom. The molecule has 0 saturated heterocycles. The molecule has 164 valence electrons. The first-order valence-electron chi connectivity index (χ1n) is 10.3. The van der Waals surface area contributed by atoms with Crippen molar-refractivity contribution in [2.24, 2.45) is 4.99 Å². The highest BCUT2D eigenvalue weighted by Gasteiger charge is 2.10. The molecule has 2 aromatic rings. The van der Waals surface area contributed by atoms with E-state index in [1.165, 1.54) is 11.8 Å². The average molecular weight is 432 g/mol. The molecular weight excluding hydrogens is 398 g/mol. The minimum atomic E-state index is -3.20. The third-order valence-electron chi connectivity index (χ3n) is 4.52. The van der Waals surface area contributed by atoms with Gasteiger partial charge in [-0.2, -0.15) is 0 Å². The van der Waals surface area contributed by atoms with Crippen molar-refractivity contribution in [1.29, 1.82) is 0 Å². The molecule has 6 nitrogen and oxygen atoms in total. The van der Waals surface area contributed by atoms with Crippen molar-refractivity contribution in [3.8, 4) is 0 Å². The predicted octanol–water partition coefficient (Wildman–Crippen LogP) is 3.45. The zero-order chi connectivity index (χ0) is 21.8. The number of ether oxygens (including phenoxy) is 1. The molecule has 0 amide bonds. The van der Waals surface area contributed by atoms with Crippen LogP contribution in [-0.2, 0) is 27.7 Å². The van der Waals surface area contributed by atoms with Crippen molar-refractivity contribution in [2.45, 2.75) is 44.7 Å². The van der Waals surface area contributed by atoms with Crippen LogP contribution in [0.3, 0.4) is 0 Å². The van der Waals surface area contributed by atoms with Gasteiger partial charge in [-0.1, -0.05) is 42.5 Å². The highest BCUT2D eigenvalue weighted by Crippen LogP contribution is 2.17. The zero-order valence-corrected chi connectivity index (χ0v) is 19.0. The van der Waals surface area contributed by atoms with Crippen molar-refractivity contribution in [3.63, 3.8) is 0 Å². The molecule has 0 fully saturated rings. The molecule has 2 rings (SSSR count). The Balaban J connectivity index is 1.74. The van der Waals surface area contributed by atoms with Crippen LogP contribution in [0.1, 0.15) is 36.5 Å². The van der Waals surface area contributed by atoms with Crippen LogP contribution in [-0.4, -0.2) is 40.3 Å². The Bertz CT molecular complexity index is 913. The molecule has 0 heterocycles. The SMILES string of the molecule is CCNC(=NCc1ccc(S(C)(=O)=O)c(C)c1)NCCCCOCc1ccccc1. The van der Waals surface area contributed by atoms with E-state index < -0.39 is 9.84 Å². The van der Waals surface area contributed by atoms with Gasteiger partial charge >= 0.3 is 0 Å². The Morgan fingerprint density at radius 1 is 1.03 bits per heavy atom. The maximum Gasteiger partial charge on any atom is 0.191 e. The van der Waals surface area contributed by atoms with Gasteiger partial charge in [0.15, 0.2) is 15.8 Å². The largest absolute Gasteiger partial charge is 0.377 e. The first kappa shape index (κ1) is 23.9. The van der Waals surface area contributed by atoms with E-state index in [-0.39, 0.29) is 0 Å². The van der Waals surface area contributed by atoms with Gasteiger partial charge in [0, 0.05) is 26.0 Å². The number of rotatable bonds is 11. The molecule has 0 unspecified atom stereocenters. The normalized spacial score (nSPS) is 12.0. The number of hydrogen-bond acceptors (Lipinski definition) is 4. The molecule has 0 aliphatic rings. The third-order valence-corrected chi connectivity index (χ3v) is 5.78. The van der Waals surface area contributed by atoms with Crippen molar-refractivity contribution in [1.82, 2.24) is 10.6 Å². The number of guanidine groups is 1. The van der Waals surface area contributed by atoms with Crippen molar-refractivity contribution >= 4 is 15.8 Å². The molecule has 0 radical (unpaired) electrons. The van der Waals surface area contributed by atoms with Crippen LogP contribution in [0.2, 0.25) is 0 Å². The number of nitrogens with one attached hydrogen (secondary N) is 2. The first-order valence-corrected chi connectivity index (χ1v) is 12.2. The van der Waals surface area contributed by atoms with Crippen LogP contribution in [0.5, 0.6) is 0 Å². The van der Waals surface area contributed by atoms with E-state index in [0.29, 0.717) is 18.0 Å². The summed E-state index contributed by atoms with van der Waals surface area (Å²) in [4.78, 5) is 4.97. The Morgan fingerprint density at radius 2 is 1.80 bits per heavy atom. The third kappa shape index (κ3) is 8.55. The van der Waals surface area contributed by atoms with Gasteiger partial charge in [0.05, 0.1) is 18.0 Å². The number of unbranched alkanes of at least 4 members (excludes halogenated alkanes) is 1. The molecule has 2 aromatic carbocycles. The van der Waals surface area contributed by atoms with Gasteiger partial charge in [0.1, 0.15) is 0 Å². The standard InChI is InChI=1S/C23H33N3O3S/c1-4-24-23(25-14-8-9-15-29-18-20-10-6-5-7-11-20)26-17-21-12-13-22(19(2)16-21)30(3,27)28/h5-7,10-13,16H,4,8-9,14-15,17-18H2,1-3H3,(H2,24,25,26). The van der Waals surface area contributed by atoms with Gasteiger partial charge < -0.3 is 15.4 Å². The maximum atomic E-state index is 11.7. The second-order valence-corrected chi connectivity index (χ2v) is 9.22. The lowest BCUT2D eigenvalue weighted by Gasteiger charge is -2.12. The highest BCUT2D eigenvalue weighted by atomic mass is 32.2. The van der Waals surface area contributed by atoms with Gasteiger partial charge in [-0.3, -0.25) is 0 Å². The van der Waals surface area contributed by atoms with E-state index in [1.54, 1.807) is 6.07 Å². The van der Waals surface area contributed by atoms with Crippen LogP contribution >= 0.6 is 0 Å². The molecule has 0 aromatic heterocycles. The minimum Gasteiger partial charge on any atom is -0.377 e. The molecular formula is C23H33N3O3S. The first-order chi connectivity index (χ1) is 14.4. The van der Waals surface area contributed by atoms with Crippen LogP contribution in [0.25, 0.3) is 0 Å². The summed E-state index contributed by atoms with van der Waals surface area (Å²) >= 11 is 0. The molecule has 30 heavy (non-hydrogen) atoms. The lowest BCUT2D eigenvalue weighted by atomic mass is 10.1. The second-order valence-electron chi connectivity index (χ2n) is 7.24. The summed E-state index contributed by atoms with van der Waals surface area (Å²) in [5.41, 5.74) is 2.92. The van der Waals surface area contributed by atoms with Crippen LogP contribution in [0.15, 0.2) is 58.4 Å². The van der Waals surface area contributed by atoms with E-state index in [1.807, 2.05) is 44.2 Å². The van der Waals surface area contributed by atoms with Gasteiger partial charge in [-0.15, -0.1) is 0 Å². The molecule has 0 saturated carbocycles. The number of hydrogen-bond donors (Lipinski definition) is 2. The fraction of sp³-hybridized carbons (Fsp3) is 0.435. The lowest BCUT2D eigenvalue weighted by Crippen LogP contribution is -2.37. The monoisotopic (exact) mass is 431 g/mol. The minimum absolute atomic E-state index is 0.370. The van der Waals surface area contributed by atoms with Gasteiger partial charge in [0.2, 0.25) is 0 Å². The van der Waals surface area contributed by atoms with Crippen LogP contribution in [0.4, 0.5) is 0 Å². The van der Waals surface area contributed by atoms with E-state index >= 15 is 0 Å². The smallest absolute Gasteiger partial charge is 0.191 e. The fourth-order valence-corrected chi connectivity index (χ4v) is 4.00. The molecule has 2 N–H and O–H groups in total. The number of aryl methyl sites for hydroxylation is 1. The fourth-order valence-electron chi connectivity index (χ4n) is 3.04. The van der Waals surface area contributed by atoms with E-state index in [9.17, 15) is 8.42 Å². The van der Waals surface area contributed by atoms with Crippen molar-refractivity contribution < 1.29 is 13.2 Å². The summed E-state index contributed by atoms with van der Waals surface area (Å²) in [5.74, 6) is 0.757. The Hall–Kier alpha value is -2.38. The van der Waals surface area contributed by atoms with Gasteiger partial charge in [-0.05, 0) is 49.4 Å².